The molecule has 0 unspecified atom stereocenters. The Kier molecular flexibility index (Phi) is 5.08. The van der Waals surface area contributed by atoms with Crippen molar-refractivity contribution in [3.05, 3.63) is 52.7 Å². The summed E-state index contributed by atoms with van der Waals surface area (Å²) in [5.41, 5.74) is 1.94. The number of nitrogens with one attached hydrogen (secondary N) is 2. The lowest BCUT2D eigenvalue weighted by Gasteiger charge is -2.29. The van der Waals surface area contributed by atoms with Crippen molar-refractivity contribution in [3.8, 4) is 0 Å². The van der Waals surface area contributed by atoms with Crippen molar-refractivity contribution in [1.29, 1.82) is 0 Å². The van der Waals surface area contributed by atoms with Crippen LogP contribution in [0.5, 0.6) is 0 Å². The number of benzene rings is 1. The quantitative estimate of drug-likeness (QED) is 0.691. The third-order valence-electron chi connectivity index (χ3n) is 6.02. The number of halogens is 1. The van der Waals surface area contributed by atoms with Gasteiger partial charge in [0.1, 0.15) is 5.65 Å². The van der Waals surface area contributed by atoms with E-state index in [2.05, 4.69) is 37.6 Å². The molecule has 5 rings (SSSR count). The summed E-state index contributed by atoms with van der Waals surface area (Å²) in [6, 6.07) is 9.39. The second-order valence-corrected chi connectivity index (χ2v) is 7.99. The van der Waals surface area contributed by atoms with Gasteiger partial charge in [0.05, 0.1) is 0 Å². The van der Waals surface area contributed by atoms with E-state index in [1.165, 1.54) is 16.3 Å². The van der Waals surface area contributed by atoms with E-state index in [4.69, 9.17) is 0 Å². The Hall–Kier alpha value is -3.00. The highest BCUT2D eigenvalue weighted by Gasteiger charge is 2.22. The first kappa shape index (κ1) is 19.0. The van der Waals surface area contributed by atoms with Gasteiger partial charge in [-0.2, -0.15) is 4.98 Å². The van der Waals surface area contributed by atoms with Crippen LogP contribution in [0.15, 0.2) is 41.3 Å². The van der Waals surface area contributed by atoms with E-state index in [9.17, 15) is 9.18 Å². The van der Waals surface area contributed by atoms with E-state index in [0.29, 0.717) is 17.0 Å². The van der Waals surface area contributed by atoms with Crippen LogP contribution < -0.4 is 21.1 Å². The van der Waals surface area contributed by atoms with E-state index in [1.54, 1.807) is 6.20 Å². The summed E-state index contributed by atoms with van der Waals surface area (Å²) in [7, 11) is 0. The standard InChI is InChI=1S/C22H25FN6O/c23-19-13-15-14-25-22(27-20(15)29(21(19)30)18-3-1-2-4-18)26-16-5-7-17(8-6-16)28-11-9-24-10-12-28/h5-8,13-14,18,24H,1-4,9-12H2,(H,25,26,27). The summed E-state index contributed by atoms with van der Waals surface area (Å²) in [5.74, 6) is -0.350. The Balaban J connectivity index is 1.44. The third-order valence-corrected chi connectivity index (χ3v) is 6.02. The molecular formula is C22H25FN6O. The highest BCUT2D eigenvalue weighted by molar-refractivity contribution is 5.76. The van der Waals surface area contributed by atoms with Crippen molar-refractivity contribution in [1.82, 2.24) is 19.9 Å². The second kappa shape index (κ2) is 8.02. The Bertz CT molecular complexity index is 1100. The molecule has 1 aliphatic heterocycles. The zero-order chi connectivity index (χ0) is 20.5. The van der Waals surface area contributed by atoms with Crippen molar-refractivity contribution < 1.29 is 4.39 Å². The van der Waals surface area contributed by atoms with Crippen LogP contribution in [0.25, 0.3) is 11.0 Å². The molecule has 0 radical (unpaired) electrons. The molecular weight excluding hydrogens is 383 g/mol. The fraction of sp³-hybridized carbons (Fsp3) is 0.409. The summed E-state index contributed by atoms with van der Waals surface area (Å²) < 4.78 is 15.7. The maximum atomic E-state index is 14.2. The topological polar surface area (TPSA) is 75.1 Å². The molecule has 0 spiro atoms. The summed E-state index contributed by atoms with van der Waals surface area (Å²) in [5, 5.41) is 7.11. The molecule has 0 bridgehead atoms. The largest absolute Gasteiger partial charge is 0.369 e. The maximum Gasteiger partial charge on any atom is 0.288 e. The first-order chi connectivity index (χ1) is 14.7. The van der Waals surface area contributed by atoms with E-state index in [-0.39, 0.29) is 6.04 Å². The highest BCUT2D eigenvalue weighted by atomic mass is 19.1. The molecule has 30 heavy (non-hydrogen) atoms. The SMILES string of the molecule is O=c1c(F)cc2cnc(Nc3ccc(N4CCNCC4)cc3)nc2n1C1CCCC1. The van der Waals surface area contributed by atoms with Crippen LogP contribution in [0.1, 0.15) is 31.7 Å². The summed E-state index contributed by atoms with van der Waals surface area (Å²) >= 11 is 0. The predicted molar refractivity (Wildman–Crippen MR) is 116 cm³/mol. The minimum Gasteiger partial charge on any atom is -0.369 e. The Morgan fingerprint density at radius 2 is 1.83 bits per heavy atom. The van der Waals surface area contributed by atoms with Crippen molar-refractivity contribution in [2.24, 2.45) is 0 Å². The van der Waals surface area contributed by atoms with Crippen molar-refractivity contribution in [2.45, 2.75) is 31.7 Å². The summed E-state index contributed by atoms with van der Waals surface area (Å²) in [6.07, 6.45) is 5.42. The number of rotatable bonds is 4. The van der Waals surface area contributed by atoms with E-state index in [1.807, 2.05) is 12.1 Å². The van der Waals surface area contributed by atoms with Crippen LogP contribution in [-0.4, -0.2) is 40.7 Å². The molecule has 7 nitrogen and oxygen atoms in total. The molecule has 156 valence electrons. The van der Waals surface area contributed by atoms with Crippen LogP contribution >= 0.6 is 0 Å². The number of piperazine rings is 1. The molecule has 2 N–H and O–H groups in total. The number of fused-ring (bicyclic) bond motifs is 1. The zero-order valence-corrected chi connectivity index (χ0v) is 16.8. The van der Waals surface area contributed by atoms with Gasteiger partial charge >= 0.3 is 0 Å². The number of hydrogen-bond donors (Lipinski definition) is 2. The Labute approximate surface area is 173 Å². The van der Waals surface area contributed by atoms with Crippen molar-refractivity contribution >= 4 is 28.4 Å². The lowest BCUT2D eigenvalue weighted by molar-refractivity contribution is 0.489. The fourth-order valence-corrected chi connectivity index (χ4v) is 4.46. The number of anilines is 3. The minimum absolute atomic E-state index is 0.00299. The number of nitrogens with zero attached hydrogens (tertiary/aromatic N) is 4. The zero-order valence-electron chi connectivity index (χ0n) is 16.8. The summed E-state index contributed by atoms with van der Waals surface area (Å²) in [4.78, 5) is 23.8. The molecule has 3 heterocycles. The van der Waals surface area contributed by atoms with Crippen LogP contribution in [-0.2, 0) is 0 Å². The van der Waals surface area contributed by atoms with Crippen LogP contribution in [0, 0.1) is 5.82 Å². The molecule has 1 aliphatic carbocycles. The van der Waals surface area contributed by atoms with Gasteiger partial charge in [-0.05, 0) is 43.2 Å². The van der Waals surface area contributed by atoms with Gasteiger partial charge in [0.25, 0.3) is 5.56 Å². The third kappa shape index (κ3) is 3.63. The molecule has 1 aromatic carbocycles. The van der Waals surface area contributed by atoms with Gasteiger partial charge in [0.15, 0.2) is 5.82 Å². The lowest BCUT2D eigenvalue weighted by atomic mass is 10.2. The fourth-order valence-electron chi connectivity index (χ4n) is 4.46. The van der Waals surface area contributed by atoms with Gasteiger partial charge in [-0.3, -0.25) is 9.36 Å². The maximum absolute atomic E-state index is 14.2. The summed E-state index contributed by atoms with van der Waals surface area (Å²) in [6.45, 7) is 3.98. The second-order valence-electron chi connectivity index (χ2n) is 7.99. The van der Waals surface area contributed by atoms with E-state index < -0.39 is 11.4 Å². The van der Waals surface area contributed by atoms with Crippen molar-refractivity contribution in [2.75, 3.05) is 36.4 Å². The highest BCUT2D eigenvalue weighted by Crippen LogP contribution is 2.31. The first-order valence-electron chi connectivity index (χ1n) is 10.6. The number of hydrogen-bond acceptors (Lipinski definition) is 6. The first-order valence-corrected chi connectivity index (χ1v) is 10.6. The lowest BCUT2D eigenvalue weighted by Crippen LogP contribution is -2.43. The molecule has 3 aromatic rings. The molecule has 1 saturated heterocycles. The Morgan fingerprint density at radius 3 is 2.57 bits per heavy atom. The van der Waals surface area contributed by atoms with Crippen LogP contribution in [0.3, 0.4) is 0 Å². The molecule has 0 amide bonds. The normalized spacial score (nSPS) is 17.6. The predicted octanol–water partition coefficient (Wildman–Crippen LogP) is 3.20. The number of aromatic nitrogens is 3. The van der Waals surface area contributed by atoms with Gasteiger partial charge in [0.2, 0.25) is 5.95 Å². The monoisotopic (exact) mass is 408 g/mol. The van der Waals surface area contributed by atoms with Gasteiger partial charge in [-0.1, -0.05) is 12.8 Å². The average Bonchev–Trinajstić information content (AvgIpc) is 3.30. The molecule has 0 atom stereocenters. The van der Waals surface area contributed by atoms with Gasteiger partial charge in [-0.25, -0.2) is 9.37 Å². The van der Waals surface area contributed by atoms with E-state index >= 15 is 0 Å². The molecule has 2 fully saturated rings. The minimum atomic E-state index is -0.748. The molecule has 2 aromatic heterocycles. The van der Waals surface area contributed by atoms with Gasteiger partial charge in [0, 0.05) is 55.2 Å². The van der Waals surface area contributed by atoms with Gasteiger partial charge in [-0.15, -0.1) is 0 Å². The average molecular weight is 408 g/mol. The molecule has 1 saturated carbocycles. The molecule has 2 aliphatic rings. The van der Waals surface area contributed by atoms with Crippen LogP contribution in [0.4, 0.5) is 21.7 Å². The van der Waals surface area contributed by atoms with Gasteiger partial charge < -0.3 is 15.5 Å². The Morgan fingerprint density at radius 1 is 1.10 bits per heavy atom. The smallest absolute Gasteiger partial charge is 0.288 e. The van der Waals surface area contributed by atoms with Crippen LogP contribution in [0.2, 0.25) is 0 Å². The molecule has 8 heteroatoms. The van der Waals surface area contributed by atoms with E-state index in [0.717, 1.165) is 57.5 Å². The number of pyridine rings is 1. The van der Waals surface area contributed by atoms with Crippen molar-refractivity contribution in [3.63, 3.8) is 0 Å².